The second kappa shape index (κ2) is 5.96. The number of imide groups is 1. The molecule has 1 spiro atoms. The Labute approximate surface area is 171 Å². The number of fused-ring (bicyclic) bond motifs is 4. The molecule has 3 N–H and O–H groups in total. The minimum absolute atomic E-state index is 0.197. The summed E-state index contributed by atoms with van der Waals surface area (Å²) in [5.74, 6) is -2.83. The van der Waals surface area contributed by atoms with Crippen LogP contribution in [0.5, 0.6) is 0 Å². The zero-order valence-corrected chi connectivity index (χ0v) is 16.3. The molecule has 3 aliphatic heterocycles. The van der Waals surface area contributed by atoms with Gasteiger partial charge in [-0.3, -0.25) is 24.5 Å². The predicted molar refractivity (Wildman–Crippen MR) is 105 cm³/mol. The number of nitrogens with zero attached hydrogens (tertiary/aromatic N) is 2. The van der Waals surface area contributed by atoms with Crippen molar-refractivity contribution in [3.63, 3.8) is 0 Å². The summed E-state index contributed by atoms with van der Waals surface area (Å²) >= 11 is 0. The van der Waals surface area contributed by atoms with E-state index in [1.54, 1.807) is 31.2 Å². The largest absolute Gasteiger partial charge is 0.326 e. The molecule has 0 bridgehead atoms. The Balaban J connectivity index is 1.67. The van der Waals surface area contributed by atoms with Crippen molar-refractivity contribution >= 4 is 34.8 Å². The molecule has 2 saturated heterocycles. The monoisotopic (exact) mass is 407 g/mol. The summed E-state index contributed by atoms with van der Waals surface area (Å²) in [6, 6.07) is 11.0. The van der Waals surface area contributed by atoms with Crippen molar-refractivity contribution in [2.75, 3.05) is 10.2 Å². The van der Waals surface area contributed by atoms with Gasteiger partial charge in [0.25, 0.3) is 11.6 Å². The fourth-order valence-electron chi connectivity index (χ4n) is 5.29. The average molecular weight is 407 g/mol. The highest BCUT2D eigenvalue weighted by atomic mass is 16.6. The van der Waals surface area contributed by atoms with E-state index in [9.17, 15) is 24.5 Å². The Bertz CT molecular complexity index is 1160. The Morgan fingerprint density at radius 1 is 1.13 bits per heavy atom. The zero-order valence-electron chi connectivity index (χ0n) is 16.3. The van der Waals surface area contributed by atoms with Crippen LogP contribution in [0.3, 0.4) is 0 Å². The average Bonchev–Trinajstić information content (AvgIpc) is 3.27. The van der Waals surface area contributed by atoms with Crippen molar-refractivity contribution < 1.29 is 24.6 Å². The molecule has 2 fully saturated rings. The SMILES string of the molecule is Cc1ccc([N+](=O)[O-])cc1N1C(=O)[C@H]2[C@@H](C)[NH2+][C@@]3(C(=O)Nc4ccccc43)[C@H]2C1=O. The third-order valence-electron chi connectivity index (χ3n) is 6.57. The fraction of sp³-hybridized carbons (Fsp3) is 0.286. The van der Waals surface area contributed by atoms with Crippen LogP contribution in [0.2, 0.25) is 0 Å². The number of hydrogen-bond acceptors (Lipinski definition) is 5. The number of benzene rings is 2. The third-order valence-corrected chi connectivity index (χ3v) is 6.57. The highest BCUT2D eigenvalue weighted by Gasteiger charge is 2.73. The molecule has 3 aliphatic rings. The fourth-order valence-corrected chi connectivity index (χ4v) is 5.29. The molecule has 9 nitrogen and oxygen atoms in total. The molecule has 9 heteroatoms. The smallest absolute Gasteiger partial charge is 0.291 e. The molecule has 4 atom stereocenters. The van der Waals surface area contributed by atoms with Gasteiger partial charge in [-0.15, -0.1) is 0 Å². The quantitative estimate of drug-likeness (QED) is 0.433. The number of quaternary nitrogens is 1. The summed E-state index contributed by atoms with van der Waals surface area (Å²) in [5.41, 5.74) is 0.667. The molecule has 152 valence electrons. The normalized spacial score (nSPS) is 29.3. The molecule has 2 aromatic carbocycles. The number of para-hydroxylation sites is 1. The highest BCUT2D eigenvalue weighted by Crippen LogP contribution is 2.50. The summed E-state index contributed by atoms with van der Waals surface area (Å²) in [7, 11) is 0. The molecule has 5 rings (SSSR count). The van der Waals surface area contributed by atoms with Gasteiger partial charge in [0.05, 0.1) is 22.3 Å². The van der Waals surface area contributed by atoms with Crippen LogP contribution in [-0.2, 0) is 19.9 Å². The molecular weight excluding hydrogens is 388 g/mol. The topological polar surface area (TPSA) is 126 Å². The number of nitrogens with one attached hydrogen (secondary N) is 1. The van der Waals surface area contributed by atoms with Gasteiger partial charge in [-0.2, -0.15) is 0 Å². The van der Waals surface area contributed by atoms with Gasteiger partial charge in [-0.1, -0.05) is 24.3 Å². The van der Waals surface area contributed by atoms with Gasteiger partial charge in [-0.05, 0) is 25.5 Å². The van der Waals surface area contributed by atoms with E-state index in [2.05, 4.69) is 5.32 Å². The number of carbonyl (C=O) groups is 3. The number of nitro benzene ring substituents is 1. The molecule has 0 radical (unpaired) electrons. The minimum atomic E-state index is -1.23. The zero-order chi connectivity index (χ0) is 21.4. The summed E-state index contributed by atoms with van der Waals surface area (Å²) < 4.78 is 0. The van der Waals surface area contributed by atoms with Crippen molar-refractivity contribution in [3.8, 4) is 0 Å². The van der Waals surface area contributed by atoms with Crippen molar-refractivity contribution in [3.05, 3.63) is 63.7 Å². The lowest BCUT2D eigenvalue weighted by Crippen LogP contribution is -2.98. The molecule has 0 aromatic heterocycles. The van der Waals surface area contributed by atoms with Crippen LogP contribution in [0, 0.1) is 28.9 Å². The van der Waals surface area contributed by atoms with E-state index in [0.717, 1.165) is 4.90 Å². The maximum Gasteiger partial charge on any atom is 0.291 e. The molecule has 30 heavy (non-hydrogen) atoms. The van der Waals surface area contributed by atoms with Crippen LogP contribution in [0.1, 0.15) is 18.1 Å². The van der Waals surface area contributed by atoms with Crippen molar-refractivity contribution in [2.45, 2.75) is 25.4 Å². The number of hydrogen-bond donors (Lipinski definition) is 2. The van der Waals surface area contributed by atoms with Crippen LogP contribution in [0.4, 0.5) is 17.1 Å². The van der Waals surface area contributed by atoms with Gasteiger partial charge in [0.2, 0.25) is 17.4 Å². The summed E-state index contributed by atoms with van der Waals surface area (Å²) in [5, 5.41) is 15.9. The number of amides is 3. The third kappa shape index (κ3) is 2.12. The Morgan fingerprint density at radius 2 is 1.87 bits per heavy atom. The lowest BCUT2D eigenvalue weighted by molar-refractivity contribution is -0.730. The van der Waals surface area contributed by atoms with E-state index >= 15 is 0 Å². The van der Waals surface area contributed by atoms with Gasteiger partial charge >= 0.3 is 0 Å². The van der Waals surface area contributed by atoms with Crippen LogP contribution in [-0.4, -0.2) is 28.7 Å². The van der Waals surface area contributed by atoms with E-state index in [-0.39, 0.29) is 23.3 Å². The second-order valence-electron chi connectivity index (χ2n) is 8.14. The lowest BCUT2D eigenvalue weighted by Gasteiger charge is -2.26. The Hall–Kier alpha value is -3.59. The number of non-ortho nitro benzene ring substituents is 1. The van der Waals surface area contributed by atoms with E-state index in [4.69, 9.17) is 0 Å². The van der Waals surface area contributed by atoms with Crippen LogP contribution in [0.25, 0.3) is 0 Å². The molecule has 3 amide bonds. The second-order valence-corrected chi connectivity index (χ2v) is 8.14. The molecule has 0 aliphatic carbocycles. The summed E-state index contributed by atoms with van der Waals surface area (Å²) in [6.45, 7) is 3.52. The Morgan fingerprint density at radius 3 is 2.60 bits per heavy atom. The van der Waals surface area contributed by atoms with Gasteiger partial charge in [-0.25, -0.2) is 4.90 Å². The number of nitrogens with two attached hydrogens (primary N) is 1. The summed E-state index contributed by atoms with van der Waals surface area (Å²) in [6.07, 6.45) is 0. The van der Waals surface area contributed by atoms with Crippen molar-refractivity contribution in [2.24, 2.45) is 11.8 Å². The molecule has 0 unspecified atom stereocenters. The van der Waals surface area contributed by atoms with Crippen LogP contribution >= 0.6 is 0 Å². The maximum atomic E-state index is 13.6. The number of carbonyl (C=O) groups excluding carboxylic acids is 3. The van der Waals surface area contributed by atoms with E-state index in [0.29, 0.717) is 16.8 Å². The first-order valence-corrected chi connectivity index (χ1v) is 9.67. The van der Waals surface area contributed by atoms with Crippen LogP contribution in [0.15, 0.2) is 42.5 Å². The van der Waals surface area contributed by atoms with Gasteiger partial charge in [0.1, 0.15) is 11.8 Å². The maximum absolute atomic E-state index is 13.6. The molecular formula is C21H19N4O5+. The number of aryl methyl sites for hydroxylation is 1. The highest BCUT2D eigenvalue weighted by molar-refractivity contribution is 6.25. The molecule has 0 saturated carbocycles. The molecule has 3 heterocycles. The van der Waals surface area contributed by atoms with Gasteiger partial charge in [0.15, 0.2) is 0 Å². The number of anilines is 2. The van der Waals surface area contributed by atoms with Gasteiger partial charge < -0.3 is 10.6 Å². The first-order chi connectivity index (χ1) is 14.3. The number of nitro groups is 1. The van der Waals surface area contributed by atoms with Crippen molar-refractivity contribution in [1.82, 2.24) is 0 Å². The van der Waals surface area contributed by atoms with Crippen LogP contribution < -0.4 is 15.5 Å². The first kappa shape index (κ1) is 18.4. The van der Waals surface area contributed by atoms with Gasteiger partial charge in [0, 0.05) is 17.7 Å². The minimum Gasteiger partial charge on any atom is -0.326 e. The van der Waals surface area contributed by atoms with E-state index < -0.39 is 34.1 Å². The lowest BCUT2D eigenvalue weighted by atomic mass is 9.76. The predicted octanol–water partition coefficient (Wildman–Crippen LogP) is 0.822. The number of rotatable bonds is 2. The standard InChI is InChI=1S/C21H18N4O5/c1-10-7-8-12(25(29)30)9-15(10)24-18(26)16-11(2)23-21(17(16)19(24)27)13-5-3-4-6-14(13)22-20(21)28/h3-9,11,16-17,23H,1-2H3,(H,22,28)/p+1/t11-,16+,17-,21-/m1/s1. The van der Waals surface area contributed by atoms with E-state index in [1.165, 1.54) is 18.2 Å². The first-order valence-electron chi connectivity index (χ1n) is 9.67. The van der Waals surface area contributed by atoms with Crippen molar-refractivity contribution in [1.29, 1.82) is 0 Å². The van der Waals surface area contributed by atoms with E-state index in [1.807, 2.05) is 12.2 Å². The molecule has 2 aromatic rings. The Kier molecular flexibility index (Phi) is 3.66. The summed E-state index contributed by atoms with van der Waals surface area (Å²) in [4.78, 5) is 51.9.